The van der Waals surface area contributed by atoms with Crippen LogP contribution in [0.5, 0.6) is 5.75 Å². The summed E-state index contributed by atoms with van der Waals surface area (Å²) in [5.41, 5.74) is 3.89. The Hall–Kier alpha value is -4.17. The molecular weight excluding hydrogens is 639 g/mol. The molecule has 47 heavy (non-hydrogen) atoms. The lowest BCUT2D eigenvalue weighted by molar-refractivity contribution is 0.0784. The van der Waals surface area contributed by atoms with Gasteiger partial charge < -0.3 is 24.8 Å². The van der Waals surface area contributed by atoms with Crippen molar-refractivity contribution >= 4 is 33.3 Å². The van der Waals surface area contributed by atoms with Crippen LogP contribution in [0.15, 0.2) is 72.4 Å². The molecule has 0 aliphatic rings. The fourth-order valence-electron chi connectivity index (χ4n) is 4.88. The number of rotatable bonds is 15. The molecule has 0 bridgehead atoms. The average Bonchev–Trinajstić information content (AvgIpc) is 3.43. The van der Waals surface area contributed by atoms with E-state index in [-0.39, 0.29) is 30.0 Å². The first-order valence-corrected chi connectivity index (χ1v) is 17.9. The van der Waals surface area contributed by atoms with Crippen LogP contribution in [0.25, 0.3) is 0 Å². The lowest BCUT2D eigenvalue weighted by atomic mass is 10.00. The molecule has 0 radical (unpaired) electrons. The summed E-state index contributed by atoms with van der Waals surface area (Å²) in [7, 11) is -2.37. The fourth-order valence-corrected chi connectivity index (χ4v) is 6.15. The number of aliphatic hydroxyl groups is 1. The van der Waals surface area contributed by atoms with Crippen molar-refractivity contribution in [2.45, 2.75) is 58.3 Å². The number of hydrogen-bond donors (Lipinski definition) is 3. The molecule has 2 aromatic carbocycles. The third kappa shape index (κ3) is 11.0. The fraction of sp³-hybridized carbons (Fsp3) is 0.353. The molecule has 2 heterocycles. The van der Waals surface area contributed by atoms with E-state index >= 15 is 0 Å². The van der Waals surface area contributed by atoms with Crippen LogP contribution in [0.3, 0.4) is 0 Å². The molecule has 13 heteroatoms. The van der Waals surface area contributed by atoms with E-state index in [1.807, 2.05) is 48.8 Å². The molecule has 0 unspecified atom stereocenters. The zero-order valence-electron chi connectivity index (χ0n) is 27.1. The molecular formula is C34H41N5O6S2. The molecule has 0 fully saturated rings. The van der Waals surface area contributed by atoms with Crippen LogP contribution in [0.1, 0.15) is 67.9 Å². The topological polar surface area (TPSA) is 151 Å². The van der Waals surface area contributed by atoms with Gasteiger partial charge in [0.05, 0.1) is 24.9 Å². The van der Waals surface area contributed by atoms with Crippen molar-refractivity contribution in [3.05, 3.63) is 111 Å². The number of thiazole rings is 1. The van der Waals surface area contributed by atoms with E-state index in [4.69, 9.17) is 4.18 Å². The second-order valence-corrected chi connectivity index (χ2v) is 14.3. The van der Waals surface area contributed by atoms with E-state index in [1.165, 1.54) is 34.4 Å². The van der Waals surface area contributed by atoms with E-state index in [9.17, 15) is 23.1 Å². The number of aliphatic hydroxyl groups excluding tert-OH is 1. The van der Waals surface area contributed by atoms with Crippen LogP contribution >= 0.6 is 11.3 Å². The highest BCUT2D eigenvalue weighted by Gasteiger charge is 2.25. The molecule has 250 valence electrons. The minimum atomic E-state index is -3.96. The van der Waals surface area contributed by atoms with E-state index in [0.29, 0.717) is 18.9 Å². The van der Waals surface area contributed by atoms with Gasteiger partial charge in [-0.25, -0.2) is 4.98 Å². The summed E-state index contributed by atoms with van der Waals surface area (Å²) < 4.78 is 29.1. The number of pyridine rings is 1. The van der Waals surface area contributed by atoms with Crippen molar-refractivity contribution in [1.29, 1.82) is 0 Å². The number of benzene rings is 2. The molecule has 0 spiro atoms. The summed E-state index contributed by atoms with van der Waals surface area (Å²) in [5.74, 6) is -0.906. The van der Waals surface area contributed by atoms with Crippen LogP contribution in [0, 0.1) is 6.92 Å². The molecule has 4 aromatic rings. The van der Waals surface area contributed by atoms with Gasteiger partial charge in [0.25, 0.3) is 11.8 Å². The SMILES string of the molecule is Cc1csc(CN(C)C(=O)c2cc(OS(C)(=O)=O)cc(C(=O)N[C@@H](Cc3ccccc3)[C@H](O)CNCc3cncc(C(C)C)c3)c2)n1. The van der Waals surface area contributed by atoms with Crippen molar-refractivity contribution in [1.82, 2.24) is 25.5 Å². The van der Waals surface area contributed by atoms with E-state index < -0.39 is 34.1 Å². The molecule has 0 aliphatic heterocycles. The Morgan fingerprint density at radius 2 is 1.77 bits per heavy atom. The largest absolute Gasteiger partial charge is 0.390 e. The third-order valence-corrected chi connectivity index (χ3v) is 8.74. The Balaban J connectivity index is 1.55. The molecule has 11 nitrogen and oxygen atoms in total. The van der Waals surface area contributed by atoms with Crippen LogP contribution < -0.4 is 14.8 Å². The van der Waals surface area contributed by atoms with Gasteiger partial charge in [-0.2, -0.15) is 8.42 Å². The maximum Gasteiger partial charge on any atom is 0.306 e. The Labute approximate surface area is 280 Å². The first kappa shape index (κ1) is 35.7. The van der Waals surface area contributed by atoms with Gasteiger partial charge in [-0.15, -0.1) is 11.3 Å². The van der Waals surface area contributed by atoms with Gasteiger partial charge in [-0.05, 0) is 54.2 Å². The summed E-state index contributed by atoms with van der Waals surface area (Å²) in [5, 5.41) is 20.1. The van der Waals surface area contributed by atoms with Gasteiger partial charge in [-0.1, -0.05) is 50.2 Å². The Morgan fingerprint density at radius 1 is 1.04 bits per heavy atom. The summed E-state index contributed by atoms with van der Waals surface area (Å²) in [4.78, 5) is 37.3. The molecule has 0 saturated heterocycles. The van der Waals surface area contributed by atoms with Crippen molar-refractivity contribution < 1.29 is 27.3 Å². The minimum Gasteiger partial charge on any atom is -0.390 e. The Morgan fingerprint density at radius 3 is 2.43 bits per heavy atom. The van der Waals surface area contributed by atoms with Crippen LogP contribution in [-0.2, 0) is 29.6 Å². The molecule has 3 N–H and O–H groups in total. The predicted molar refractivity (Wildman–Crippen MR) is 182 cm³/mol. The molecule has 2 aromatic heterocycles. The van der Waals surface area contributed by atoms with Crippen molar-refractivity contribution in [2.24, 2.45) is 0 Å². The van der Waals surface area contributed by atoms with Crippen LogP contribution in [0.4, 0.5) is 0 Å². The minimum absolute atomic E-state index is 0.00258. The number of carbonyl (C=O) groups is 2. The maximum atomic E-state index is 13.7. The van der Waals surface area contributed by atoms with Crippen LogP contribution in [0.2, 0.25) is 0 Å². The van der Waals surface area contributed by atoms with E-state index in [1.54, 1.807) is 13.2 Å². The summed E-state index contributed by atoms with van der Waals surface area (Å²) in [6, 6.07) is 14.7. The standard InChI is InChI=1S/C34H41N5O6S2/c1-22(2)28-11-25(16-35-18-28)17-36-19-31(40)30(12-24-9-7-6-8-10-24)38-33(41)26-13-27(15-29(14-26)45-47(5,43)44)34(42)39(4)20-32-37-23(3)21-46-32/h6-11,13-16,18,21-22,30-31,36,40H,12,17,19-20H2,1-5H3,(H,38,41)/t30-,31+/m0/s1. The van der Waals surface area contributed by atoms with Gasteiger partial charge in [0.2, 0.25) is 0 Å². The van der Waals surface area contributed by atoms with Gasteiger partial charge in [0.1, 0.15) is 10.8 Å². The summed E-state index contributed by atoms with van der Waals surface area (Å²) >= 11 is 1.42. The number of nitrogens with one attached hydrogen (secondary N) is 2. The van der Waals surface area contributed by atoms with Gasteiger partial charge in [-0.3, -0.25) is 14.6 Å². The smallest absolute Gasteiger partial charge is 0.306 e. The zero-order valence-corrected chi connectivity index (χ0v) is 28.8. The number of aryl methyl sites for hydroxylation is 1. The lowest BCUT2D eigenvalue weighted by Crippen LogP contribution is -2.48. The van der Waals surface area contributed by atoms with Gasteiger partial charge >= 0.3 is 10.1 Å². The van der Waals surface area contributed by atoms with Crippen molar-refractivity contribution in [2.75, 3.05) is 19.8 Å². The number of amides is 2. The third-order valence-electron chi connectivity index (χ3n) is 7.29. The predicted octanol–water partition coefficient (Wildman–Crippen LogP) is 4.07. The quantitative estimate of drug-likeness (QED) is 0.158. The zero-order chi connectivity index (χ0) is 34.1. The van der Waals surface area contributed by atoms with Crippen LogP contribution in [-0.4, -0.2) is 72.2 Å². The molecule has 2 amide bonds. The van der Waals surface area contributed by atoms with Gasteiger partial charge in [0, 0.05) is 54.7 Å². The summed E-state index contributed by atoms with van der Waals surface area (Å²) in [6.45, 7) is 6.93. The highest BCUT2D eigenvalue weighted by Crippen LogP contribution is 2.22. The maximum absolute atomic E-state index is 13.7. The second kappa shape index (κ2) is 16.1. The first-order valence-electron chi connectivity index (χ1n) is 15.2. The normalized spacial score (nSPS) is 12.8. The average molecular weight is 680 g/mol. The highest BCUT2D eigenvalue weighted by atomic mass is 32.2. The van der Waals surface area contributed by atoms with E-state index in [2.05, 4.69) is 40.5 Å². The van der Waals surface area contributed by atoms with Gasteiger partial charge in [0.15, 0.2) is 0 Å². The number of carbonyl (C=O) groups excluding carboxylic acids is 2. The molecule has 0 saturated carbocycles. The van der Waals surface area contributed by atoms with Crippen molar-refractivity contribution in [3.63, 3.8) is 0 Å². The first-order chi connectivity index (χ1) is 22.3. The van der Waals surface area contributed by atoms with Crippen molar-refractivity contribution in [3.8, 4) is 5.75 Å². The lowest BCUT2D eigenvalue weighted by Gasteiger charge is -2.25. The number of hydrogen-bond acceptors (Lipinski definition) is 10. The molecule has 2 atom stereocenters. The second-order valence-electron chi connectivity index (χ2n) is 11.8. The Kier molecular flexibility index (Phi) is 12.2. The number of nitrogens with zero attached hydrogens (tertiary/aromatic N) is 3. The van der Waals surface area contributed by atoms with E-state index in [0.717, 1.165) is 33.6 Å². The number of aromatic nitrogens is 2. The summed E-state index contributed by atoms with van der Waals surface area (Å²) in [6.07, 6.45) is 3.82. The highest BCUT2D eigenvalue weighted by molar-refractivity contribution is 7.86. The molecule has 4 rings (SSSR count). The monoisotopic (exact) mass is 679 g/mol. The Bertz CT molecular complexity index is 1780. The molecule has 0 aliphatic carbocycles.